The van der Waals surface area contributed by atoms with E-state index in [1.54, 1.807) is 14.2 Å². The molecule has 1 amide bonds. The van der Waals surface area contributed by atoms with Gasteiger partial charge in [-0.15, -0.1) is 0 Å². The number of carbonyl (C=O) groups excluding carboxylic acids is 1. The van der Waals surface area contributed by atoms with Gasteiger partial charge >= 0.3 is 0 Å². The maximum atomic E-state index is 11.9. The molecule has 0 saturated heterocycles. The zero-order valence-corrected chi connectivity index (χ0v) is 16.4. The van der Waals surface area contributed by atoms with E-state index >= 15 is 0 Å². The largest absolute Gasteiger partial charge is 0.493 e. The summed E-state index contributed by atoms with van der Waals surface area (Å²) >= 11 is 5.17. The SMILES string of the molecule is COc1ccc(CCNC(=S)NNC(=O)CCc2ccccc2)cc1OC. The van der Waals surface area contributed by atoms with E-state index in [1.807, 2.05) is 48.5 Å². The van der Waals surface area contributed by atoms with Crippen molar-refractivity contribution < 1.29 is 14.3 Å². The Kier molecular flexibility index (Phi) is 8.38. The number of nitrogens with one attached hydrogen (secondary N) is 3. The van der Waals surface area contributed by atoms with E-state index in [4.69, 9.17) is 21.7 Å². The summed E-state index contributed by atoms with van der Waals surface area (Å²) in [5.41, 5.74) is 7.55. The third-order valence-corrected chi connectivity index (χ3v) is 4.19. The average Bonchev–Trinajstić information content (AvgIpc) is 2.71. The molecule has 0 atom stereocenters. The van der Waals surface area contributed by atoms with Crippen LogP contribution < -0.4 is 25.6 Å². The Labute approximate surface area is 165 Å². The molecule has 0 fully saturated rings. The Morgan fingerprint density at radius 1 is 0.926 bits per heavy atom. The third-order valence-electron chi connectivity index (χ3n) is 3.95. The maximum Gasteiger partial charge on any atom is 0.238 e. The molecule has 6 nitrogen and oxygen atoms in total. The van der Waals surface area contributed by atoms with Crippen LogP contribution in [0.5, 0.6) is 11.5 Å². The van der Waals surface area contributed by atoms with Crippen molar-refractivity contribution in [3.8, 4) is 11.5 Å². The van der Waals surface area contributed by atoms with Crippen molar-refractivity contribution >= 4 is 23.2 Å². The number of methoxy groups -OCH3 is 2. The Hall–Kier alpha value is -2.80. The molecule has 2 aromatic rings. The van der Waals surface area contributed by atoms with Gasteiger partial charge in [-0.3, -0.25) is 15.6 Å². The van der Waals surface area contributed by atoms with Gasteiger partial charge in [-0.1, -0.05) is 36.4 Å². The normalized spacial score (nSPS) is 10.0. The van der Waals surface area contributed by atoms with E-state index < -0.39 is 0 Å². The van der Waals surface area contributed by atoms with Gasteiger partial charge in [0, 0.05) is 13.0 Å². The molecule has 144 valence electrons. The first kappa shape index (κ1) is 20.5. The van der Waals surface area contributed by atoms with Gasteiger partial charge in [0.15, 0.2) is 16.6 Å². The summed E-state index contributed by atoms with van der Waals surface area (Å²) in [5, 5.41) is 3.44. The Morgan fingerprint density at radius 3 is 2.37 bits per heavy atom. The van der Waals surface area contributed by atoms with Crippen molar-refractivity contribution in [2.75, 3.05) is 20.8 Å². The van der Waals surface area contributed by atoms with Crippen LogP contribution in [0.15, 0.2) is 48.5 Å². The average molecular weight is 388 g/mol. The number of hydrogen-bond acceptors (Lipinski definition) is 4. The van der Waals surface area contributed by atoms with E-state index in [1.165, 1.54) is 0 Å². The molecule has 0 aliphatic rings. The molecule has 2 rings (SSSR count). The molecule has 0 radical (unpaired) electrons. The fourth-order valence-corrected chi connectivity index (χ4v) is 2.65. The van der Waals surface area contributed by atoms with Crippen LogP contribution in [0.25, 0.3) is 0 Å². The Balaban J connectivity index is 1.65. The summed E-state index contributed by atoms with van der Waals surface area (Å²) < 4.78 is 10.5. The number of hydrazine groups is 1. The Morgan fingerprint density at radius 2 is 1.67 bits per heavy atom. The minimum Gasteiger partial charge on any atom is -0.493 e. The molecule has 0 spiro atoms. The van der Waals surface area contributed by atoms with Crippen molar-refractivity contribution in [3.63, 3.8) is 0 Å². The van der Waals surface area contributed by atoms with Crippen molar-refractivity contribution in [3.05, 3.63) is 59.7 Å². The summed E-state index contributed by atoms with van der Waals surface area (Å²) in [4.78, 5) is 11.9. The van der Waals surface area contributed by atoms with Crippen LogP contribution in [-0.2, 0) is 17.6 Å². The zero-order chi connectivity index (χ0) is 19.5. The van der Waals surface area contributed by atoms with E-state index in [9.17, 15) is 4.79 Å². The molecule has 0 bridgehead atoms. The number of benzene rings is 2. The highest BCUT2D eigenvalue weighted by atomic mass is 32.1. The molecule has 0 aliphatic carbocycles. The highest BCUT2D eigenvalue weighted by Crippen LogP contribution is 2.27. The first-order valence-electron chi connectivity index (χ1n) is 8.70. The summed E-state index contributed by atoms with van der Waals surface area (Å²) in [6.45, 7) is 0.626. The van der Waals surface area contributed by atoms with Crippen LogP contribution >= 0.6 is 12.2 Å². The fraction of sp³-hybridized carbons (Fsp3) is 0.300. The predicted molar refractivity (Wildman–Crippen MR) is 110 cm³/mol. The van der Waals surface area contributed by atoms with Gasteiger partial charge < -0.3 is 14.8 Å². The van der Waals surface area contributed by atoms with E-state index in [2.05, 4.69) is 16.2 Å². The first-order chi connectivity index (χ1) is 13.1. The Bertz CT molecular complexity index is 753. The van der Waals surface area contributed by atoms with Gasteiger partial charge in [0.1, 0.15) is 0 Å². The second-order valence-electron chi connectivity index (χ2n) is 5.85. The highest BCUT2D eigenvalue weighted by molar-refractivity contribution is 7.80. The number of ether oxygens (including phenoxy) is 2. The van der Waals surface area contributed by atoms with Gasteiger partial charge in [-0.25, -0.2) is 0 Å². The lowest BCUT2D eigenvalue weighted by molar-refractivity contribution is -0.121. The lowest BCUT2D eigenvalue weighted by Crippen LogP contribution is -2.47. The van der Waals surface area contributed by atoms with E-state index in [-0.39, 0.29) is 5.91 Å². The minimum absolute atomic E-state index is 0.108. The van der Waals surface area contributed by atoms with Gasteiger partial charge in [0.25, 0.3) is 0 Å². The summed E-state index contributed by atoms with van der Waals surface area (Å²) in [6.07, 6.45) is 1.84. The minimum atomic E-state index is -0.108. The van der Waals surface area contributed by atoms with Gasteiger partial charge in [0.05, 0.1) is 14.2 Å². The molecular formula is C20H25N3O3S. The number of aryl methyl sites for hydroxylation is 1. The number of rotatable bonds is 8. The van der Waals surface area contributed by atoms with Crippen molar-refractivity contribution in [2.45, 2.75) is 19.3 Å². The van der Waals surface area contributed by atoms with Crippen molar-refractivity contribution in [1.29, 1.82) is 0 Å². The zero-order valence-electron chi connectivity index (χ0n) is 15.6. The van der Waals surface area contributed by atoms with Gasteiger partial charge in [-0.2, -0.15) is 0 Å². The third kappa shape index (κ3) is 7.15. The van der Waals surface area contributed by atoms with Crippen molar-refractivity contribution in [1.82, 2.24) is 16.2 Å². The predicted octanol–water partition coefficient (Wildman–Crippen LogP) is 2.37. The molecule has 0 aliphatic heterocycles. The second kappa shape index (κ2) is 11.0. The number of amides is 1. The topological polar surface area (TPSA) is 71.6 Å². The first-order valence-corrected chi connectivity index (χ1v) is 9.10. The molecule has 27 heavy (non-hydrogen) atoms. The van der Waals surface area contributed by atoms with Crippen LogP contribution in [-0.4, -0.2) is 31.8 Å². The quantitative estimate of drug-likeness (QED) is 0.477. The van der Waals surface area contributed by atoms with Crippen LogP contribution in [0.1, 0.15) is 17.5 Å². The summed E-state index contributed by atoms with van der Waals surface area (Å²) in [6, 6.07) is 15.7. The number of hydrogen-bond donors (Lipinski definition) is 3. The van der Waals surface area contributed by atoms with Crippen LogP contribution in [0, 0.1) is 0 Å². The summed E-state index contributed by atoms with van der Waals surface area (Å²) in [7, 11) is 3.22. The maximum absolute atomic E-state index is 11.9. The number of thiocarbonyl (C=S) groups is 1. The van der Waals surface area contributed by atoms with Gasteiger partial charge in [0.2, 0.25) is 5.91 Å². The summed E-state index contributed by atoms with van der Waals surface area (Å²) in [5.74, 6) is 1.29. The molecule has 2 aromatic carbocycles. The second-order valence-corrected chi connectivity index (χ2v) is 6.26. The standard InChI is InChI=1S/C20H25N3O3S/c1-25-17-10-8-16(14-18(17)26-2)12-13-21-20(27)23-22-19(24)11-9-15-6-4-3-5-7-15/h3-8,10,14H,9,11-13H2,1-2H3,(H,22,24)(H2,21,23,27). The van der Waals surface area contributed by atoms with Crippen LogP contribution in [0.3, 0.4) is 0 Å². The number of carbonyl (C=O) groups is 1. The fourth-order valence-electron chi connectivity index (χ4n) is 2.49. The van der Waals surface area contributed by atoms with Crippen molar-refractivity contribution in [2.24, 2.45) is 0 Å². The lowest BCUT2D eigenvalue weighted by Gasteiger charge is -2.12. The van der Waals surface area contributed by atoms with Crippen LogP contribution in [0.2, 0.25) is 0 Å². The molecule has 0 aromatic heterocycles. The van der Waals surface area contributed by atoms with E-state index in [0.29, 0.717) is 36.0 Å². The molecule has 0 unspecified atom stereocenters. The molecular weight excluding hydrogens is 362 g/mol. The smallest absolute Gasteiger partial charge is 0.238 e. The van der Waals surface area contributed by atoms with Crippen LogP contribution in [0.4, 0.5) is 0 Å². The van der Waals surface area contributed by atoms with Gasteiger partial charge in [-0.05, 0) is 48.3 Å². The molecule has 0 heterocycles. The van der Waals surface area contributed by atoms with E-state index in [0.717, 1.165) is 17.5 Å². The molecule has 7 heteroatoms. The lowest BCUT2D eigenvalue weighted by atomic mass is 10.1. The molecule has 0 saturated carbocycles. The highest BCUT2D eigenvalue weighted by Gasteiger charge is 2.05. The molecule has 3 N–H and O–H groups in total. The monoisotopic (exact) mass is 387 g/mol.